The molecule has 0 radical (unpaired) electrons. The monoisotopic (exact) mass is 350 g/mol. The number of methoxy groups -OCH3 is 1. The minimum atomic E-state index is -0.490. The van der Waals surface area contributed by atoms with Gasteiger partial charge in [-0.3, -0.25) is 0 Å². The van der Waals surface area contributed by atoms with Crippen LogP contribution in [0.15, 0.2) is 59.1 Å². The third-order valence-corrected chi connectivity index (χ3v) is 3.64. The Hall–Kier alpha value is -3.41. The molecule has 0 unspecified atom stereocenters. The second-order valence-electron chi connectivity index (χ2n) is 5.59. The minimum Gasteiger partial charge on any atom is -0.497 e. The van der Waals surface area contributed by atoms with Gasteiger partial charge in [0.25, 0.3) is 5.89 Å². The van der Waals surface area contributed by atoms with Crippen molar-refractivity contribution in [3.63, 3.8) is 0 Å². The molecule has 3 rings (SSSR count). The van der Waals surface area contributed by atoms with E-state index in [0.717, 1.165) is 22.4 Å². The molecule has 0 N–H and O–H groups in total. The molecular weight excluding hydrogens is 332 g/mol. The van der Waals surface area contributed by atoms with Crippen LogP contribution < -0.4 is 4.74 Å². The van der Waals surface area contributed by atoms with Gasteiger partial charge in [0.05, 0.1) is 7.11 Å². The van der Waals surface area contributed by atoms with Gasteiger partial charge in [0.15, 0.2) is 6.61 Å². The van der Waals surface area contributed by atoms with Crippen LogP contribution in [0.5, 0.6) is 5.75 Å². The lowest BCUT2D eigenvalue weighted by molar-refractivity contribution is -0.139. The van der Waals surface area contributed by atoms with Crippen molar-refractivity contribution in [2.24, 2.45) is 0 Å². The fraction of sp³-hybridized carbons (Fsp3) is 0.150. The lowest BCUT2D eigenvalue weighted by Crippen LogP contribution is -2.00. The lowest BCUT2D eigenvalue weighted by atomic mass is 10.1. The molecule has 26 heavy (non-hydrogen) atoms. The molecule has 0 fully saturated rings. The number of carbonyl (C=O) groups is 1. The Bertz CT molecular complexity index is 896. The van der Waals surface area contributed by atoms with E-state index in [1.54, 1.807) is 13.2 Å². The van der Waals surface area contributed by atoms with Gasteiger partial charge in [-0.25, -0.2) is 4.79 Å². The summed E-state index contributed by atoms with van der Waals surface area (Å²) in [5, 5.41) is 3.90. The van der Waals surface area contributed by atoms with Crippen LogP contribution >= 0.6 is 0 Å². The van der Waals surface area contributed by atoms with Gasteiger partial charge in [0.1, 0.15) is 5.75 Å². The summed E-state index contributed by atoms with van der Waals surface area (Å²) in [5.41, 5.74) is 2.86. The van der Waals surface area contributed by atoms with Crippen LogP contribution in [0.1, 0.15) is 17.0 Å². The number of esters is 1. The second-order valence-corrected chi connectivity index (χ2v) is 5.59. The number of ether oxygens (including phenoxy) is 2. The molecule has 0 spiro atoms. The highest BCUT2D eigenvalue weighted by molar-refractivity contribution is 5.87. The van der Waals surface area contributed by atoms with Crippen LogP contribution in [-0.2, 0) is 16.1 Å². The van der Waals surface area contributed by atoms with Crippen molar-refractivity contribution >= 4 is 12.0 Å². The van der Waals surface area contributed by atoms with Crippen molar-refractivity contribution in [1.82, 2.24) is 10.1 Å². The number of nitrogens with zero attached hydrogens (tertiary/aromatic N) is 2. The Kier molecular flexibility index (Phi) is 5.43. The first-order chi connectivity index (χ1) is 12.6. The molecule has 1 aromatic heterocycles. The summed E-state index contributed by atoms with van der Waals surface area (Å²) < 4.78 is 15.3. The van der Waals surface area contributed by atoms with E-state index < -0.39 is 5.97 Å². The predicted molar refractivity (Wildman–Crippen MR) is 96.3 cm³/mol. The van der Waals surface area contributed by atoms with Gasteiger partial charge < -0.3 is 14.0 Å². The summed E-state index contributed by atoms with van der Waals surface area (Å²) >= 11 is 0. The maximum absolute atomic E-state index is 11.8. The highest BCUT2D eigenvalue weighted by atomic mass is 16.6. The van der Waals surface area contributed by atoms with E-state index in [0.29, 0.717) is 5.82 Å². The van der Waals surface area contributed by atoms with E-state index in [-0.39, 0.29) is 12.5 Å². The third kappa shape index (κ3) is 4.57. The second kappa shape index (κ2) is 8.11. The van der Waals surface area contributed by atoms with Gasteiger partial charge in [0.2, 0.25) is 5.82 Å². The normalized spacial score (nSPS) is 10.8. The molecule has 6 nitrogen and oxygen atoms in total. The summed E-state index contributed by atoms with van der Waals surface area (Å²) in [6.45, 7) is 1.93. The summed E-state index contributed by atoms with van der Waals surface area (Å²) in [6, 6.07) is 15.1. The lowest BCUT2D eigenvalue weighted by Gasteiger charge is -1.99. The molecule has 0 bridgehead atoms. The van der Waals surface area contributed by atoms with Crippen molar-refractivity contribution in [2.45, 2.75) is 13.5 Å². The van der Waals surface area contributed by atoms with Gasteiger partial charge >= 0.3 is 5.97 Å². The molecule has 0 saturated heterocycles. The number of carbonyl (C=O) groups excluding carboxylic acids is 1. The SMILES string of the molecule is COc1ccc(/C=C/C(=O)OCc2nc(-c3ccc(C)cc3)no2)cc1. The molecule has 0 aliphatic heterocycles. The molecule has 1 heterocycles. The van der Waals surface area contributed by atoms with E-state index in [1.165, 1.54) is 6.08 Å². The third-order valence-electron chi connectivity index (χ3n) is 3.64. The summed E-state index contributed by atoms with van der Waals surface area (Å²) in [4.78, 5) is 16.0. The Morgan fingerprint density at radius 3 is 2.54 bits per heavy atom. The molecule has 0 aliphatic carbocycles. The molecule has 0 aliphatic rings. The quantitative estimate of drug-likeness (QED) is 0.497. The van der Waals surface area contributed by atoms with E-state index in [4.69, 9.17) is 14.0 Å². The zero-order chi connectivity index (χ0) is 18.4. The van der Waals surface area contributed by atoms with Gasteiger partial charge in [-0.15, -0.1) is 0 Å². The Morgan fingerprint density at radius 1 is 1.12 bits per heavy atom. The van der Waals surface area contributed by atoms with Crippen LogP contribution in [0.2, 0.25) is 0 Å². The number of aromatic nitrogens is 2. The highest BCUT2D eigenvalue weighted by Gasteiger charge is 2.10. The fourth-order valence-corrected chi connectivity index (χ4v) is 2.19. The Morgan fingerprint density at radius 2 is 1.85 bits per heavy atom. The molecule has 0 amide bonds. The van der Waals surface area contributed by atoms with Crippen LogP contribution in [0.4, 0.5) is 0 Å². The fourth-order valence-electron chi connectivity index (χ4n) is 2.19. The topological polar surface area (TPSA) is 74.5 Å². The van der Waals surface area contributed by atoms with E-state index in [2.05, 4.69) is 10.1 Å². The molecule has 132 valence electrons. The molecule has 6 heteroatoms. The molecule has 3 aromatic rings. The van der Waals surface area contributed by atoms with Crippen LogP contribution in [0, 0.1) is 6.92 Å². The Balaban J connectivity index is 1.54. The summed E-state index contributed by atoms with van der Waals surface area (Å²) in [5.74, 6) is 0.970. The maximum Gasteiger partial charge on any atom is 0.331 e. The molecule has 2 aromatic carbocycles. The van der Waals surface area contributed by atoms with Crippen LogP contribution in [-0.4, -0.2) is 23.2 Å². The first kappa shape index (κ1) is 17.4. The van der Waals surface area contributed by atoms with E-state index in [1.807, 2.05) is 55.5 Å². The molecular formula is C20H18N2O4. The number of hydrogen-bond acceptors (Lipinski definition) is 6. The summed E-state index contributed by atoms with van der Waals surface area (Å²) in [7, 11) is 1.60. The van der Waals surface area contributed by atoms with Gasteiger partial charge in [-0.05, 0) is 30.7 Å². The number of aryl methyl sites for hydroxylation is 1. The van der Waals surface area contributed by atoms with Gasteiger partial charge in [-0.2, -0.15) is 4.98 Å². The van der Waals surface area contributed by atoms with Crippen LogP contribution in [0.25, 0.3) is 17.5 Å². The smallest absolute Gasteiger partial charge is 0.331 e. The average molecular weight is 350 g/mol. The molecule has 0 saturated carbocycles. The van der Waals surface area contributed by atoms with Crippen molar-refractivity contribution in [3.05, 3.63) is 71.6 Å². The summed E-state index contributed by atoms with van der Waals surface area (Å²) in [6.07, 6.45) is 3.01. The van der Waals surface area contributed by atoms with Gasteiger partial charge in [0, 0.05) is 11.6 Å². The maximum atomic E-state index is 11.8. The van der Waals surface area contributed by atoms with Crippen molar-refractivity contribution in [2.75, 3.05) is 7.11 Å². The predicted octanol–water partition coefficient (Wildman–Crippen LogP) is 3.81. The van der Waals surface area contributed by atoms with E-state index >= 15 is 0 Å². The van der Waals surface area contributed by atoms with Gasteiger partial charge in [-0.1, -0.05) is 47.1 Å². The molecule has 0 atom stereocenters. The van der Waals surface area contributed by atoms with E-state index in [9.17, 15) is 4.79 Å². The van der Waals surface area contributed by atoms with Crippen LogP contribution in [0.3, 0.4) is 0 Å². The van der Waals surface area contributed by atoms with Crippen molar-refractivity contribution in [1.29, 1.82) is 0 Å². The highest BCUT2D eigenvalue weighted by Crippen LogP contribution is 2.16. The van der Waals surface area contributed by atoms with Crippen molar-refractivity contribution in [3.8, 4) is 17.1 Å². The first-order valence-electron chi connectivity index (χ1n) is 8.02. The zero-order valence-corrected chi connectivity index (χ0v) is 14.5. The first-order valence-corrected chi connectivity index (χ1v) is 8.02. The number of benzene rings is 2. The standard InChI is InChI=1S/C20H18N2O4/c1-14-3-8-16(9-4-14)20-21-18(26-22-20)13-25-19(23)12-7-15-5-10-17(24-2)11-6-15/h3-12H,13H2,1-2H3/b12-7+. The average Bonchev–Trinajstić information content (AvgIpc) is 3.14. The van der Waals surface area contributed by atoms with Crippen molar-refractivity contribution < 1.29 is 18.8 Å². The largest absolute Gasteiger partial charge is 0.497 e. The number of rotatable bonds is 6. The Labute approximate surface area is 151 Å². The minimum absolute atomic E-state index is 0.0787. The zero-order valence-electron chi connectivity index (χ0n) is 14.5. The number of hydrogen-bond donors (Lipinski definition) is 0.